The Kier molecular flexibility index (Phi) is 8.65. The Morgan fingerprint density at radius 2 is 1.74 bits per heavy atom. The van der Waals surface area contributed by atoms with Crippen LogP contribution in [-0.2, 0) is 25.5 Å². The third-order valence-electron chi connectivity index (χ3n) is 4.68. The summed E-state index contributed by atoms with van der Waals surface area (Å²) < 4.78 is 16.6. The second-order valence-electron chi connectivity index (χ2n) is 6.22. The number of carbonyl (C=O) groups excluding carboxylic acids is 3. The van der Waals surface area contributed by atoms with Crippen LogP contribution < -0.4 is 0 Å². The van der Waals surface area contributed by atoms with Crippen molar-refractivity contribution in [2.24, 2.45) is 0 Å². The molecule has 1 aromatic heterocycles. The van der Waals surface area contributed by atoms with Crippen molar-refractivity contribution in [2.45, 2.75) is 40.3 Å². The van der Waals surface area contributed by atoms with Gasteiger partial charge in [-0.1, -0.05) is 0 Å². The van der Waals surface area contributed by atoms with Gasteiger partial charge in [-0.15, -0.1) is 0 Å². The molecule has 152 valence electrons. The Balaban J connectivity index is 3.35. The standard InChI is InChI=1S/C19H30N2O6/c1-8-20-13(3)16(12(2)17(20)19(24)27-7)18(23)14(4)21(9-10-25-5)15(22)11-26-6/h14H,8-11H2,1-7H3. The fourth-order valence-corrected chi connectivity index (χ4v) is 3.29. The number of aromatic nitrogens is 1. The van der Waals surface area contributed by atoms with E-state index in [2.05, 4.69) is 0 Å². The molecule has 0 radical (unpaired) electrons. The smallest absolute Gasteiger partial charge is 0.354 e. The first-order chi connectivity index (χ1) is 12.8. The first-order valence-electron chi connectivity index (χ1n) is 8.86. The van der Waals surface area contributed by atoms with Gasteiger partial charge in [-0.2, -0.15) is 0 Å². The van der Waals surface area contributed by atoms with Crippen LogP contribution in [0.1, 0.15) is 46.0 Å². The predicted molar refractivity (Wildman–Crippen MR) is 100 cm³/mol. The number of ketones is 1. The molecule has 0 saturated carbocycles. The Labute approximate surface area is 160 Å². The van der Waals surface area contributed by atoms with Gasteiger partial charge >= 0.3 is 5.97 Å². The number of amides is 1. The van der Waals surface area contributed by atoms with Crippen LogP contribution in [0.2, 0.25) is 0 Å². The Hall–Kier alpha value is -2.19. The van der Waals surface area contributed by atoms with Crippen LogP contribution in [0.25, 0.3) is 0 Å². The molecule has 27 heavy (non-hydrogen) atoms. The summed E-state index contributed by atoms with van der Waals surface area (Å²) in [5.41, 5.74) is 2.04. The van der Waals surface area contributed by atoms with Crippen molar-refractivity contribution in [3.63, 3.8) is 0 Å². The maximum atomic E-state index is 13.3. The van der Waals surface area contributed by atoms with Crippen molar-refractivity contribution in [3.05, 3.63) is 22.5 Å². The highest BCUT2D eigenvalue weighted by Crippen LogP contribution is 2.25. The molecule has 1 amide bonds. The van der Waals surface area contributed by atoms with E-state index in [1.165, 1.54) is 26.2 Å². The van der Waals surface area contributed by atoms with Gasteiger partial charge in [-0.25, -0.2) is 4.79 Å². The van der Waals surface area contributed by atoms with Gasteiger partial charge in [0, 0.05) is 38.6 Å². The fraction of sp³-hybridized carbons (Fsp3) is 0.632. The summed E-state index contributed by atoms with van der Waals surface area (Å²) in [6.07, 6.45) is 0. The number of nitrogens with zero attached hydrogens (tertiary/aromatic N) is 2. The summed E-state index contributed by atoms with van der Waals surface area (Å²) in [6, 6.07) is -0.724. The molecule has 8 heteroatoms. The van der Waals surface area contributed by atoms with Crippen LogP contribution in [0.15, 0.2) is 0 Å². The SMILES string of the molecule is CCn1c(C)c(C(=O)C(C)N(CCOC)C(=O)COC)c(C)c1C(=O)OC. The topological polar surface area (TPSA) is 87.1 Å². The summed E-state index contributed by atoms with van der Waals surface area (Å²) in [6.45, 7) is 8.05. The molecule has 0 aromatic carbocycles. The minimum Gasteiger partial charge on any atom is -0.464 e. The number of hydrogen-bond acceptors (Lipinski definition) is 6. The molecule has 0 aliphatic heterocycles. The second-order valence-corrected chi connectivity index (χ2v) is 6.22. The van der Waals surface area contributed by atoms with Gasteiger partial charge in [0.05, 0.1) is 19.8 Å². The van der Waals surface area contributed by atoms with E-state index >= 15 is 0 Å². The van der Waals surface area contributed by atoms with E-state index in [1.54, 1.807) is 25.3 Å². The lowest BCUT2D eigenvalue weighted by molar-refractivity contribution is -0.137. The van der Waals surface area contributed by atoms with Crippen molar-refractivity contribution in [2.75, 3.05) is 41.1 Å². The van der Waals surface area contributed by atoms with Gasteiger partial charge in [-0.3, -0.25) is 9.59 Å². The normalized spacial score (nSPS) is 12.0. The van der Waals surface area contributed by atoms with E-state index in [-0.39, 0.29) is 24.8 Å². The van der Waals surface area contributed by atoms with Crippen LogP contribution in [-0.4, -0.2) is 74.3 Å². The maximum Gasteiger partial charge on any atom is 0.354 e. The zero-order chi connectivity index (χ0) is 20.7. The molecule has 1 heterocycles. The summed E-state index contributed by atoms with van der Waals surface area (Å²) in [5.74, 6) is -1.02. The number of carbonyl (C=O) groups is 3. The molecule has 0 aliphatic carbocycles. The molecule has 0 aliphatic rings. The van der Waals surface area contributed by atoms with Gasteiger partial charge in [0.15, 0.2) is 5.78 Å². The van der Waals surface area contributed by atoms with Gasteiger partial charge in [0.1, 0.15) is 12.3 Å². The Morgan fingerprint density at radius 1 is 1.11 bits per heavy atom. The van der Waals surface area contributed by atoms with E-state index in [9.17, 15) is 14.4 Å². The molecule has 1 aromatic rings. The number of esters is 1. The Morgan fingerprint density at radius 3 is 2.22 bits per heavy atom. The predicted octanol–water partition coefficient (Wildman–Crippen LogP) is 1.60. The molecule has 1 unspecified atom stereocenters. The largest absolute Gasteiger partial charge is 0.464 e. The van der Waals surface area contributed by atoms with E-state index in [0.29, 0.717) is 35.7 Å². The average molecular weight is 382 g/mol. The zero-order valence-electron chi connectivity index (χ0n) is 17.2. The van der Waals surface area contributed by atoms with Gasteiger partial charge < -0.3 is 23.7 Å². The summed E-state index contributed by atoms with van der Waals surface area (Å²) >= 11 is 0. The number of methoxy groups -OCH3 is 3. The summed E-state index contributed by atoms with van der Waals surface area (Å²) in [5, 5.41) is 0. The maximum absolute atomic E-state index is 13.3. The molecule has 0 fully saturated rings. The third-order valence-corrected chi connectivity index (χ3v) is 4.68. The van der Waals surface area contributed by atoms with Crippen LogP contribution in [0.4, 0.5) is 0 Å². The lowest BCUT2D eigenvalue weighted by Crippen LogP contribution is -2.46. The van der Waals surface area contributed by atoms with E-state index in [1.807, 2.05) is 6.92 Å². The first-order valence-corrected chi connectivity index (χ1v) is 8.86. The van der Waals surface area contributed by atoms with E-state index < -0.39 is 12.0 Å². The van der Waals surface area contributed by atoms with Gasteiger partial charge in [0.2, 0.25) is 5.91 Å². The lowest BCUT2D eigenvalue weighted by Gasteiger charge is -2.28. The van der Waals surface area contributed by atoms with Crippen molar-refractivity contribution in [1.82, 2.24) is 9.47 Å². The van der Waals surface area contributed by atoms with Crippen molar-refractivity contribution >= 4 is 17.7 Å². The highest BCUT2D eigenvalue weighted by molar-refractivity contribution is 6.06. The zero-order valence-corrected chi connectivity index (χ0v) is 17.2. The summed E-state index contributed by atoms with van der Waals surface area (Å²) in [7, 11) is 4.27. The number of rotatable bonds is 10. The molecule has 0 N–H and O–H groups in total. The number of Topliss-reactive ketones (excluding diaryl/α,β-unsaturated/α-hetero) is 1. The van der Waals surface area contributed by atoms with Gasteiger partial charge in [-0.05, 0) is 33.3 Å². The lowest BCUT2D eigenvalue weighted by atomic mass is 10.00. The summed E-state index contributed by atoms with van der Waals surface area (Å²) in [4.78, 5) is 39.3. The van der Waals surface area contributed by atoms with Crippen molar-refractivity contribution < 1.29 is 28.6 Å². The van der Waals surface area contributed by atoms with Crippen LogP contribution >= 0.6 is 0 Å². The fourth-order valence-electron chi connectivity index (χ4n) is 3.29. The van der Waals surface area contributed by atoms with Crippen molar-refractivity contribution in [3.8, 4) is 0 Å². The average Bonchev–Trinajstić information content (AvgIpc) is 2.90. The Bertz CT molecular complexity index is 695. The van der Waals surface area contributed by atoms with Crippen molar-refractivity contribution in [1.29, 1.82) is 0 Å². The van der Waals surface area contributed by atoms with Crippen LogP contribution in [0, 0.1) is 13.8 Å². The molecule has 1 atom stereocenters. The van der Waals surface area contributed by atoms with E-state index in [0.717, 1.165) is 0 Å². The monoisotopic (exact) mass is 382 g/mol. The van der Waals surface area contributed by atoms with Crippen LogP contribution in [0.3, 0.4) is 0 Å². The number of hydrogen-bond donors (Lipinski definition) is 0. The van der Waals surface area contributed by atoms with Crippen LogP contribution in [0.5, 0.6) is 0 Å². The molecular weight excluding hydrogens is 352 g/mol. The minimum absolute atomic E-state index is 0.122. The molecule has 0 spiro atoms. The molecular formula is C19H30N2O6. The first kappa shape index (κ1) is 22.9. The quantitative estimate of drug-likeness (QED) is 0.451. The highest BCUT2D eigenvalue weighted by atomic mass is 16.5. The van der Waals surface area contributed by atoms with Gasteiger partial charge in [0.25, 0.3) is 0 Å². The third kappa shape index (κ3) is 4.75. The number of ether oxygens (including phenoxy) is 3. The second kappa shape index (κ2) is 10.2. The minimum atomic E-state index is -0.724. The highest BCUT2D eigenvalue weighted by Gasteiger charge is 2.32. The molecule has 8 nitrogen and oxygen atoms in total. The van der Waals surface area contributed by atoms with E-state index in [4.69, 9.17) is 14.2 Å². The molecule has 0 bridgehead atoms. The molecule has 1 rings (SSSR count). The molecule has 0 saturated heterocycles.